The first kappa shape index (κ1) is 8.18. The topological polar surface area (TPSA) is 27.8 Å². The molecule has 0 fully saturated rings. The molecule has 2 N–H and O–H groups in total. The Kier molecular flexibility index (Phi) is 1.71. The normalized spacial score (nSPS) is 15.2. The largest absolute Gasteiger partial charge is 0.383 e. The summed E-state index contributed by atoms with van der Waals surface area (Å²) in [6, 6.07) is 5.98. The zero-order chi connectivity index (χ0) is 9.54. The van der Waals surface area contributed by atoms with Crippen LogP contribution in [0.3, 0.4) is 0 Å². The third-order valence-electron chi connectivity index (χ3n) is 2.74. The second-order valence-corrected chi connectivity index (χ2v) is 4.14. The highest BCUT2D eigenvalue weighted by atomic mass is 35.5. The molecule has 2 nitrogen and oxygen atoms in total. The van der Waals surface area contributed by atoms with E-state index in [1.165, 1.54) is 28.7 Å². The molecule has 1 aliphatic heterocycles. The average Bonchev–Trinajstić information content (AvgIpc) is 2.56. The molecule has 0 unspecified atom stereocenters. The van der Waals surface area contributed by atoms with Crippen LogP contribution in [0.2, 0.25) is 5.02 Å². The van der Waals surface area contributed by atoms with E-state index in [2.05, 4.69) is 10.3 Å². The van der Waals surface area contributed by atoms with Crippen LogP contribution in [0.15, 0.2) is 18.2 Å². The van der Waals surface area contributed by atoms with Crippen LogP contribution in [0.25, 0.3) is 10.9 Å². The molecule has 2 aromatic rings. The van der Waals surface area contributed by atoms with Crippen molar-refractivity contribution >= 4 is 28.2 Å². The Bertz CT molecular complexity index is 487. The summed E-state index contributed by atoms with van der Waals surface area (Å²) in [6.07, 6.45) is 2.34. The number of hydrogen-bond donors (Lipinski definition) is 2. The van der Waals surface area contributed by atoms with Crippen molar-refractivity contribution in [2.24, 2.45) is 0 Å². The van der Waals surface area contributed by atoms with Gasteiger partial charge in [-0.15, -0.1) is 0 Å². The van der Waals surface area contributed by atoms with Gasteiger partial charge >= 0.3 is 0 Å². The highest BCUT2D eigenvalue weighted by Crippen LogP contribution is 2.32. The van der Waals surface area contributed by atoms with Crippen LogP contribution in [0.4, 0.5) is 5.69 Å². The molecule has 72 valence electrons. The summed E-state index contributed by atoms with van der Waals surface area (Å²) in [4.78, 5) is 3.42. The van der Waals surface area contributed by atoms with Gasteiger partial charge in [-0.25, -0.2) is 0 Å². The van der Waals surface area contributed by atoms with Crippen molar-refractivity contribution in [2.45, 2.75) is 12.8 Å². The zero-order valence-corrected chi connectivity index (χ0v) is 8.49. The third kappa shape index (κ3) is 1.11. The smallest absolute Gasteiger partial charge is 0.0631 e. The molecule has 1 aliphatic rings. The summed E-state index contributed by atoms with van der Waals surface area (Å²) < 4.78 is 0. The van der Waals surface area contributed by atoms with E-state index in [0.29, 0.717) is 0 Å². The Hall–Kier alpha value is -1.15. The third-order valence-corrected chi connectivity index (χ3v) is 2.98. The Morgan fingerprint density at radius 2 is 2.21 bits per heavy atom. The van der Waals surface area contributed by atoms with Gasteiger partial charge in [-0.1, -0.05) is 11.6 Å². The predicted molar refractivity (Wildman–Crippen MR) is 60.1 cm³/mol. The number of fused-ring (bicyclic) bond motifs is 3. The van der Waals surface area contributed by atoms with Crippen molar-refractivity contribution < 1.29 is 0 Å². The molecule has 0 atom stereocenters. The lowest BCUT2D eigenvalue weighted by Crippen LogP contribution is -2.10. The van der Waals surface area contributed by atoms with Crippen molar-refractivity contribution in [3.05, 3.63) is 28.9 Å². The summed E-state index contributed by atoms with van der Waals surface area (Å²) in [5, 5.41) is 5.44. The van der Waals surface area contributed by atoms with Gasteiger partial charge in [0.05, 0.1) is 5.69 Å². The number of halogens is 1. The molecule has 3 rings (SSSR count). The second-order valence-electron chi connectivity index (χ2n) is 3.70. The van der Waals surface area contributed by atoms with Crippen LogP contribution in [0.5, 0.6) is 0 Å². The highest BCUT2D eigenvalue weighted by Gasteiger charge is 2.14. The zero-order valence-electron chi connectivity index (χ0n) is 7.73. The Balaban J connectivity index is 2.32. The minimum absolute atomic E-state index is 0.798. The van der Waals surface area contributed by atoms with Gasteiger partial charge in [-0.2, -0.15) is 0 Å². The number of nitrogens with one attached hydrogen (secondary N) is 2. The summed E-state index contributed by atoms with van der Waals surface area (Å²) >= 11 is 5.98. The fraction of sp³-hybridized carbons (Fsp3) is 0.273. The minimum Gasteiger partial charge on any atom is -0.383 e. The number of aromatic amines is 1. The molecule has 2 heterocycles. The number of H-pyrrole nitrogens is 1. The van der Waals surface area contributed by atoms with E-state index >= 15 is 0 Å². The summed E-state index contributed by atoms with van der Waals surface area (Å²) in [5.74, 6) is 0. The highest BCUT2D eigenvalue weighted by molar-refractivity contribution is 6.31. The average molecular weight is 207 g/mol. The first-order valence-corrected chi connectivity index (χ1v) is 5.26. The number of aryl methyl sites for hydroxylation is 1. The van der Waals surface area contributed by atoms with Crippen LogP contribution in [-0.4, -0.2) is 11.5 Å². The van der Waals surface area contributed by atoms with Gasteiger partial charge in [0, 0.05) is 28.2 Å². The quantitative estimate of drug-likeness (QED) is 0.681. The Morgan fingerprint density at radius 1 is 1.29 bits per heavy atom. The van der Waals surface area contributed by atoms with E-state index in [-0.39, 0.29) is 0 Å². The summed E-state index contributed by atoms with van der Waals surface area (Å²) in [7, 11) is 0. The molecule has 1 aromatic heterocycles. The van der Waals surface area contributed by atoms with Crippen LogP contribution in [0, 0.1) is 0 Å². The molecule has 14 heavy (non-hydrogen) atoms. The fourth-order valence-corrected chi connectivity index (χ4v) is 2.26. The van der Waals surface area contributed by atoms with Gasteiger partial charge in [-0.3, -0.25) is 0 Å². The lowest BCUT2D eigenvalue weighted by Gasteiger charge is -2.13. The van der Waals surface area contributed by atoms with E-state index in [4.69, 9.17) is 11.6 Å². The van der Waals surface area contributed by atoms with E-state index < -0.39 is 0 Å². The van der Waals surface area contributed by atoms with Gasteiger partial charge in [-0.05, 0) is 31.0 Å². The van der Waals surface area contributed by atoms with Crippen LogP contribution in [-0.2, 0) is 6.42 Å². The number of aromatic nitrogens is 1. The molecule has 0 aliphatic carbocycles. The van der Waals surface area contributed by atoms with Gasteiger partial charge in [0.1, 0.15) is 0 Å². The molecule has 0 bridgehead atoms. The fourth-order valence-electron chi connectivity index (χ4n) is 2.09. The molecule has 0 amide bonds. The second kappa shape index (κ2) is 2.92. The lowest BCUT2D eigenvalue weighted by atomic mass is 10.1. The molecule has 0 saturated carbocycles. The van der Waals surface area contributed by atoms with Crippen LogP contribution >= 0.6 is 11.6 Å². The first-order chi connectivity index (χ1) is 6.84. The van der Waals surface area contributed by atoms with Gasteiger partial charge in [0.15, 0.2) is 0 Å². The van der Waals surface area contributed by atoms with Crippen molar-refractivity contribution in [1.29, 1.82) is 0 Å². The molecule has 1 aromatic carbocycles. The van der Waals surface area contributed by atoms with Gasteiger partial charge < -0.3 is 10.3 Å². The molecular weight excluding hydrogens is 196 g/mol. The van der Waals surface area contributed by atoms with E-state index in [9.17, 15) is 0 Å². The predicted octanol–water partition coefficient (Wildman–Crippen LogP) is 3.18. The monoisotopic (exact) mass is 206 g/mol. The van der Waals surface area contributed by atoms with Gasteiger partial charge in [0.2, 0.25) is 0 Å². The molecule has 0 radical (unpaired) electrons. The van der Waals surface area contributed by atoms with E-state index in [0.717, 1.165) is 18.0 Å². The van der Waals surface area contributed by atoms with Crippen molar-refractivity contribution in [1.82, 2.24) is 4.98 Å². The SMILES string of the molecule is Clc1ccc2[nH]c3c(c2c1)NCCC3. The molecular formula is C11H11ClN2. The van der Waals surface area contributed by atoms with Gasteiger partial charge in [0.25, 0.3) is 0 Å². The van der Waals surface area contributed by atoms with Crippen LogP contribution in [0.1, 0.15) is 12.1 Å². The van der Waals surface area contributed by atoms with Crippen molar-refractivity contribution in [3.63, 3.8) is 0 Å². The van der Waals surface area contributed by atoms with E-state index in [1.807, 2.05) is 18.2 Å². The molecule has 0 saturated heterocycles. The lowest BCUT2D eigenvalue weighted by molar-refractivity contribution is 0.814. The van der Waals surface area contributed by atoms with Crippen molar-refractivity contribution in [2.75, 3.05) is 11.9 Å². The number of rotatable bonds is 0. The maximum atomic E-state index is 5.98. The summed E-state index contributed by atoms with van der Waals surface area (Å²) in [6.45, 7) is 1.06. The maximum absolute atomic E-state index is 5.98. The standard InChI is InChI=1S/C11H11ClN2/c12-7-3-4-9-8(6-7)11-10(14-9)2-1-5-13-11/h3-4,6,13-14H,1-2,5H2. The Morgan fingerprint density at radius 3 is 3.14 bits per heavy atom. The Labute approximate surface area is 87.3 Å². The number of benzene rings is 1. The maximum Gasteiger partial charge on any atom is 0.0631 e. The first-order valence-electron chi connectivity index (χ1n) is 4.88. The number of hydrogen-bond acceptors (Lipinski definition) is 1. The molecule has 3 heteroatoms. The summed E-state index contributed by atoms with van der Waals surface area (Å²) in [5.41, 5.74) is 3.73. The number of anilines is 1. The van der Waals surface area contributed by atoms with Crippen molar-refractivity contribution in [3.8, 4) is 0 Å². The minimum atomic E-state index is 0.798. The van der Waals surface area contributed by atoms with E-state index in [1.54, 1.807) is 0 Å². The van der Waals surface area contributed by atoms with Crippen LogP contribution < -0.4 is 5.32 Å². The molecule has 0 spiro atoms.